The highest BCUT2D eigenvalue weighted by molar-refractivity contribution is 6.30. The lowest BCUT2D eigenvalue weighted by Gasteiger charge is -2.34. The van der Waals surface area contributed by atoms with Crippen LogP contribution >= 0.6 is 11.6 Å². The number of benzene rings is 3. The molecule has 5 aromatic rings. The van der Waals surface area contributed by atoms with E-state index in [9.17, 15) is 33.1 Å². The second-order valence-electron chi connectivity index (χ2n) is 16.9. The summed E-state index contributed by atoms with van der Waals surface area (Å²) in [6, 6.07) is 16.3. The highest BCUT2D eigenvalue weighted by Crippen LogP contribution is 2.44. The highest BCUT2D eigenvalue weighted by atomic mass is 35.5. The third kappa shape index (κ3) is 11.8. The van der Waals surface area contributed by atoms with Gasteiger partial charge in [0.25, 0.3) is 12.0 Å². The summed E-state index contributed by atoms with van der Waals surface area (Å²) in [4.78, 5) is 49.4. The van der Waals surface area contributed by atoms with Crippen molar-refractivity contribution in [1.82, 2.24) is 24.6 Å². The van der Waals surface area contributed by atoms with Gasteiger partial charge in [-0.15, -0.1) is 0 Å². The molecule has 0 spiro atoms. The Morgan fingerprint density at radius 3 is 2.40 bits per heavy atom. The number of anilines is 2. The van der Waals surface area contributed by atoms with Crippen molar-refractivity contribution in [1.29, 1.82) is 0 Å². The molecule has 1 saturated heterocycles. The second kappa shape index (κ2) is 20.4. The van der Waals surface area contributed by atoms with Crippen molar-refractivity contribution in [2.45, 2.75) is 85.4 Å². The average Bonchev–Trinajstić information content (AvgIpc) is 3.88. The molecule has 0 radical (unpaired) electrons. The minimum atomic E-state index is -2.73. The minimum absolute atomic E-state index is 0.0415. The number of aryl methyl sites for hydroxylation is 3. The van der Waals surface area contributed by atoms with Gasteiger partial charge in [0.05, 0.1) is 36.7 Å². The Labute approximate surface area is 365 Å². The monoisotopic (exact) mass is 875 g/mol. The molecule has 3 amide bonds. The van der Waals surface area contributed by atoms with E-state index in [1.54, 1.807) is 61.0 Å². The zero-order valence-corrected chi connectivity index (χ0v) is 37.0. The first kappa shape index (κ1) is 47.3. The predicted molar refractivity (Wildman–Crippen MR) is 238 cm³/mol. The minimum Gasteiger partial charge on any atom is -0.497 e. The summed E-state index contributed by atoms with van der Waals surface area (Å²) in [7, 11) is 3.27. The molecule has 2 aromatic heterocycles. The number of alkyl halides is 2. The number of nitrogens with zero attached hydrogens (tertiary/aromatic N) is 5. The number of hydrogen-bond donors (Lipinski definition) is 3. The molecule has 7 rings (SSSR count). The van der Waals surface area contributed by atoms with E-state index in [2.05, 4.69) is 31.2 Å². The summed E-state index contributed by atoms with van der Waals surface area (Å²) in [6.45, 7) is 11.6. The fourth-order valence-electron chi connectivity index (χ4n) is 7.58. The Morgan fingerprint density at radius 1 is 1.10 bits per heavy atom. The molecular formula is C46H56ClF2N7O6. The number of aliphatic hydroxyl groups is 1. The van der Waals surface area contributed by atoms with E-state index in [0.29, 0.717) is 64.6 Å². The number of primary amides is 1. The summed E-state index contributed by atoms with van der Waals surface area (Å²) in [5.74, 6) is 0.174. The van der Waals surface area contributed by atoms with Gasteiger partial charge in [0.15, 0.2) is 0 Å². The summed E-state index contributed by atoms with van der Waals surface area (Å²) in [5, 5.41) is 17.6. The Bertz CT molecular complexity index is 2450. The lowest BCUT2D eigenvalue weighted by Crippen LogP contribution is -2.32. The van der Waals surface area contributed by atoms with Gasteiger partial charge in [0.1, 0.15) is 12.3 Å². The van der Waals surface area contributed by atoms with Crippen LogP contribution in [-0.2, 0) is 34.4 Å². The third-order valence-corrected chi connectivity index (χ3v) is 11.0. The first-order chi connectivity index (χ1) is 29.3. The van der Waals surface area contributed by atoms with Gasteiger partial charge in [0, 0.05) is 84.2 Å². The number of hydrogen-bond acceptors (Lipinski definition) is 8. The van der Waals surface area contributed by atoms with Gasteiger partial charge in [0.2, 0.25) is 18.2 Å². The van der Waals surface area contributed by atoms with Crippen molar-refractivity contribution < 1.29 is 33.0 Å². The van der Waals surface area contributed by atoms with Crippen molar-refractivity contribution in [3.8, 4) is 16.9 Å². The van der Waals surface area contributed by atoms with E-state index in [-0.39, 0.29) is 41.1 Å². The van der Waals surface area contributed by atoms with Crippen LogP contribution in [0.25, 0.3) is 22.0 Å². The van der Waals surface area contributed by atoms with Gasteiger partial charge in [-0.2, -0.15) is 5.10 Å². The number of aliphatic hydroxyl groups excluding tert-OH is 1. The number of ether oxygens (including phenoxy) is 1. The van der Waals surface area contributed by atoms with Crippen LogP contribution in [0.1, 0.15) is 81.7 Å². The fourth-order valence-corrected chi connectivity index (χ4v) is 7.70. The number of β-amino-alcohol motifs (C(OH)–C–C–N with tert-alkyl or cyclic N) is 1. The Hall–Kier alpha value is -5.80. The Kier molecular flexibility index (Phi) is 15.5. The predicted octanol–water partition coefficient (Wildman–Crippen LogP) is 7.39. The molecule has 0 bridgehead atoms. The van der Waals surface area contributed by atoms with E-state index < -0.39 is 12.3 Å². The smallest absolute Gasteiger partial charge is 0.264 e. The van der Waals surface area contributed by atoms with Crippen molar-refractivity contribution in [2.24, 2.45) is 18.2 Å². The van der Waals surface area contributed by atoms with Crippen molar-refractivity contribution in [3.05, 3.63) is 105 Å². The van der Waals surface area contributed by atoms with Gasteiger partial charge < -0.3 is 35.3 Å². The maximum absolute atomic E-state index is 14.4. The number of aromatic nitrogens is 3. The molecule has 4 N–H and O–H groups in total. The summed E-state index contributed by atoms with van der Waals surface area (Å²) < 4.78 is 37.2. The van der Waals surface area contributed by atoms with Crippen LogP contribution in [0, 0.1) is 12.3 Å². The number of carbonyl (C=O) groups excluding carboxylic acids is 3. The van der Waals surface area contributed by atoms with E-state index in [4.69, 9.17) is 22.1 Å². The first-order valence-corrected chi connectivity index (χ1v) is 20.8. The number of likely N-dealkylation sites (tertiary alicyclic amines) is 1. The van der Waals surface area contributed by atoms with Crippen LogP contribution in [0.2, 0.25) is 5.02 Å². The van der Waals surface area contributed by atoms with Crippen molar-refractivity contribution in [3.63, 3.8) is 0 Å². The molecule has 4 heterocycles. The van der Waals surface area contributed by atoms with E-state index in [1.165, 1.54) is 10.9 Å². The number of methoxy groups -OCH3 is 1. The molecule has 16 heteroatoms. The quantitative estimate of drug-likeness (QED) is 0.122. The molecule has 2 aliphatic rings. The lowest BCUT2D eigenvalue weighted by molar-refractivity contribution is -0.132. The zero-order valence-electron chi connectivity index (χ0n) is 36.3. The SMILES string of the molecule is CC(C)(C)CC(=O)N1CCC(O)C1.COc1cc(N2CCCc3cc(-c4cnn(CC(N)=O)c4)c(C(F)F)cc32)c2cc(C)c(=O)n(C)c2c1.C[C@H](NC=O)c1ccc(Cl)cc1. The number of amides is 3. The summed E-state index contributed by atoms with van der Waals surface area (Å²) >= 11 is 5.70. The molecule has 0 aliphatic carbocycles. The third-order valence-electron chi connectivity index (χ3n) is 10.8. The van der Waals surface area contributed by atoms with Gasteiger partial charge in [-0.25, -0.2) is 8.78 Å². The number of halogens is 3. The molecule has 332 valence electrons. The number of fused-ring (bicyclic) bond motifs is 2. The fraction of sp³-hybridized carbons (Fsp3) is 0.413. The van der Waals surface area contributed by atoms with Crippen molar-refractivity contribution >= 4 is 52.1 Å². The van der Waals surface area contributed by atoms with Gasteiger partial charge in [-0.1, -0.05) is 44.5 Å². The van der Waals surface area contributed by atoms with Crippen LogP contribution in [0.5, 0.6) is 5.75 Å². The number of nitrogens with two attached hydrogens (primary N) is 1. The normalized spacial score (nSPS) is 15.3. The molecule has 2 aliphatic heterocycles. The first-order valence-electron chi connectivity index (χ1n) is 20.4. The molecule has 2 atom stereocenters. The lowest BCUT2D eigenvalue weighted by atomic mass is 9.92. The summed E-state index contributed by atoms with van der Waals surface area (Å²) in [6.07, 6.45) is 3.52. The molecule has 3 aromatic carbocycles. The highest BCUT2D eigenvalue weighted by Gasteiger charge is 2.28. The number of rotatable bonds is 10. The molecule has 13 nitrogen and oxygen atoms in total. The van der Waals surface area contributed by atoms with Crippen LogP contribution in [0.4, 0.5) is 20.2 Å². The maximum Gasteiger partial charge on any atom is 0.264 e. The molecule has 1 unspecified atom stereocenters. The molecule has 0 saturated carbocycles. The average molecular weight is 876 g/mol. The van der Waals surface area contributed by atoms with E-state index in [0.717, 1.165) is 48.0 Å². The van der Waals surface area contributed by atoms with Crippen LogP contribution in [-0.4, -0.2) is 75.4 Å². The number of nitrogens with one attached hydrogen (secondary N) is 1. The second-order valence-corrected chi connectivity index (χ2v) is 17.3. The van der Waals surface area contributed by atoms with E-state index in [1.807, 2.05) is 42.2 Å². The molecular weight excluding hydrogens is 820 g/mol. The topological polar surface area (TPSA) is 165 Å². The van der Waals surface area contributed by atoms with Gasteiger partial charge >= 0.3 is 0 Å². The van der Waals surface area contributed by atoms with E-state index >= 15 is 0 Å². The van der Waals surface area contributed by atoms with Crippen molar-refractivity contribution in [2.75, 3.05) is 31.6 Å². The molecule has 1 fully saturated rings. The van der Waals surface area contributed by atoms with Crippen LogP contribution < -0.4 is 26.2 Å². The summed E-state index contributed by atoms with van der Waals surface area (Å²) in [5.41, 5.74) is 10.7. The van der Waals surface area contributed by atoms with Crippen LogP contribution in [0.15, 0.2) is 71.8 Å². The van der Waals surface area contributed by atoms with Gasteiger partial charge in [-0.3, -0.25) is 23.9 Å². The number of pyridine rings is 1. The maximum atomic E-state index is 14.4. The standard InChI is InChI=1S/C27H27F2N5O3.C10H19NO2.C9H10ClNO/c1-15-7-21-23(32(2)27(15)36)9-18(37-3)10-24(21)34-6-4-5-16-8-19(20(26(28)29)11-22(16)34)17-12-31-33(13-17)14-25(30)35;1-10(2,3)6-9(13)11-5-4-8(12)7-11;1-7(11-6-12)8-2-4-9(10)5-3-8/h7-13,26H,4-6,14H2,1-3H3,(H2,30,35);8,12H,4-7H2,1-3H3;2-7H,1H3,(H,11,12)/t;;7-/m..0/s1. The Morgan fingerprint density at radius 2 is 1.81 bits per heavy atom. The largest absolute Gasteiger partial charge is 0.497 e. The number of carbonyl (C=O) groups is 3. The zero-order chi connectivity index (χ0) is 45.5. The van der Waals surface area contributed by atoms with Crippen LogP contribution in [0.3, 0.4) is 0 Å². The molecule has 62 heavy (non-hydrogen) atoms. The van der Waals surface area contributed by atoms with Gasteiger partial charge in [-0.05, 0) is 85.5 Å². The Balaban J connectivity index is 0.000000236.